The molecule has 0 saturated carbocycles. The molecule has 0 aromatic heterocycles. The van der Waals surface area contributed by atoms with Crippen LogP contribution in [-0.2, 0) is 6.42 Å². The predicted molar refractivity (Wildman–Crippen MR) is 79.2 cm³/mol. The molecule has 0 fully saturated rings. The summed E-state index contributed by atoms with van der Waals surface area (Å²) >= 11 is 0. The second-order valence-corrected chi connectivity index (χ2v) is 2.78. The topological polar surface area (TPSA) is 0 Å². The van der Waals surface area contributed by atoms with Gasteiger partial charge in [0.1, 0.15) is 0 Å². The van der Waals surface area contributed by atoms with Crippen LogP contribution in [0.5, 0.6) is 0 Å². The highest BCUT2D eigenvalue weighted by Gasteiger charge is 1.93. The van der Waals surface area contributed by atoms with Crippen molar-refractivity contribution in [2.45, 2.75) is 54.9 Å². The lowest BCUT2D eigenvalue weighted by Crippen LogP contribution is -1.85. The molecule has 0 aliphatic rings. The summed E-state index contributed by atoms with van der Waals surface area (Å²) < 4.78 is 0. The minimum atomic E-state index is 1.14. The molecule has 0 aliphatic carbocycles. The van der Waals surface area contributed by atoms with E-state index in [0.29, 0.717) is 0 Å². The molecule has 0 spiro atoms. The smallest absolute Gasteiger partial charge is 0.0305 e. The Morgan fingerprint density at radius 2 is 1.38 bits per heavy atom. The highest BCUT2D eigenvalue weighted by molar-refractivity contribution is 5.30. The van der Waals surface area contributed by atoms with E-state index in [0.717, 1.165) is 6.42 Å². The van der Waals surface area contributed by atoms with E-state index in [1.807, 2.05) is 27.7 Å². The first kappa shape index (κ1) is 20.4. The van der Waals surface area contributed by atoms with Crippen molar-refractivity contribution in [3.63, 3.8) is 0 Å². The average Bonchev–Trinajstić information content (AvgIpc) is 2.37. The monoisotopic (exact) mass is 222 g/mol. The number of hydrogen-bond donors (Lipinski definition) is 0. The molecule has 16 heavy (non-hydrogen) atoms. The van der Waals surface area contributed by atoms with Gasteiger partial charge in [-0.15, -0.1) is 13.2 Å². The normalized spacial score (nSPS) is 7.19. The maximum Gasteiger partial charge on any atom is -0.0305 e. The van der Waals surface area contributed by atoms with Gasteiger partial charge < -0.3 is 0 Å². The molecule has 0 bridgehead atoms. The van der Waals surface area contributed by atoms with Crippen LogP contribution in [-0.4, -0.2) is 0 Å². The predicted octanol–water partition coefficient (Wildman–Crippen LogP) is 5.72. The zero-order valence-electron chi connectivity index (χ0n) is 12.4. The summed E-state index contributed by atoms with van der Waals surface area (Å²) in [6, 6.07) is 6.62. The van der Waals surface area contributed by atoms with Crippen LogP contribution in [0.2, 0.25) is 0 Å². The van der Waals surface area contributed by atoms with E-state index >= 15 is 0 Å². The lowest BCUT2D eigenvalue weighted by molar-refractivity contribution is 1.10. The lowest BCUT2D eigenvalue weighted by Gasteiger charge is -2.02. The molecular weight excluding hydrogens is 192 g/mol. The molecule has 0 saturated heterocycles. The van der Waals surface area contributed by atoms with Crippen LogP contribution < -0.4 is 0 Å². The third kappa shape index (κ3) is 9.51. The van der Waals surface area contributed by atoms with Crippen molar-refractivity contribution in [3.8, 4) is 0 Å². The van der Waals surface area contributed by atoms with Gasteiger partial charge in [-0.3, -0.25) is 0 Å². The first-order valence-corrected chi connectivity index (χ1v) is 6.30. The Labute approximate surface area is 103 Å². The summed E-state index contributed by atoms with van der Waals surface area (Å²) in [4.78, 5) is 0. The SMILES string of the molecule is C=C.CC.CC.CCc1ccc(C)cc1C. The molecule has 0 nitrogen and oxygen atoms in total. The number of rotatable bonds is 1. The van der Waals surface area contributed by atoms with Gasteiger partial charge in [0, 0.05) is 0 Å². The van der Waals surface area contributed by atoms with Crippen LogP contribution in [0.1, 0.15) is 51.3 Å². The third-order valence-corrected chi connectivity index (χ3v) is 1.88. The number of benzene rings is 1. The quantitative estimate of drug-likeness (QED) is 0.533. The van der Waals surface area contributed by atoms with Gasteiger partial charge in [0.15, 0.2) is 0 Å². The Morgan fingerprint density at radius 1 is 0.938 bits per heavy atom. The largest absolute Gasteiger partial charge is 0.106 e. The minimum absolute atomic E-state index is 1.14. The van der Waals surface area contributed by atoms with Crippen molar-refractivity contribution in [2.75, 3.05) is 0 Å². The first-order chi connectivity index (χ1) is 7.74. The number of aryl methyl sites for hydroxylation is 3. The van der Waals surface area contributed by atoms with Gasteiger partial charge in [0.2, 0.25) is 0 Å². The van der Waals surface area contributed by atoms with Gasteiger partial charge in [-0.25, -0.2) is 0 Å². The van der Waals surface area contributed by atoms with Crippen molar-refractivity contribution < 1.29 is 0 Å². The molecule has 1 rings (SSSR count). The van der Waals surface area contributed by atoms with Gasteiger partial charge in [-0.1, -0.05) is 58.4 Å². The van der Waals surface area contributed by atoms with E-state index in [9.17, 15) is 0 Å². The van der Waals surface area contributed by atoms with Crippen molar-refractivity contribution in [1.29, 1.82) is 0 Å². The van der Waals surface area contributed by atoms with E-state index in [4.69, 9.17) is 0 Å². The van der Waals surface area contributed by atoms with Crippen molar-refractivity contribution in [3.05, 3.63) is 48.0 Å². The van der Waals surface area contributed by atoms with Crippen molar-refractivity contribution >= 4 is 0 Å². The van der Waals surface area contributed by atoms with Gasteiger partial charge >= 0.3 is 0 Å². The second kappa shape index (κ2) is 16.4. The van der Waals surface area contributed by atoms with Crippen LogP contribution in [0.3, 0.4) is 0 Å². The maximum atomic E-state index is 3.00. The summed E-state index contributed by atoms with van der Waals surface area (Å²) in [5.41, 5.74) is 4.24. The van der Waals surface area contributed by atoms with Crippen LogP contribution in [0.15, 0.2) is 31.4 Å². The van der Waals surface area contributed by atoms with Crippen LogP contribution in [0.4, 0.5) is 0 Å². The van der Waals surface area contributed by atoms with E-state index in [1.165, 1.54) is 16.7 Å². The standard InChI is InChI=1S/C10H14.2C2H6.C2H4/c1-4-10-6-5-8(2)7-9(10)3;3*1-2/h5-7H,4H2,1-3H3;2*1-2H3;1-2H2. The summed E-state index contributed by atoms with van der Waals surface area (Å²) in [5, 5.41) is 0. The molecule has 0 heterocycles. The van der Waals surface area contributed by atoms with Gasteiger partial charge in [0.25, 0.3) is 0 Å². The molecule has 0 aliphatic heterocycles. The molecule has 0 unspecified atom stereocenters. The molecule has 0 atom stereocenters. The Kier molecular flexibility index (Phi) is 20.9. The summed E-state index contributed by atoms with van der Waals surface area (Å²) in [5.74, 6) is 0. The minimum Gasteiger partial charge on any atom is -0.106 e. The molecule has 0 N–H and O–H groups in total. The first-order valence-electron chi connectivity index (χ1n) is 6.30. The Morgan fingerprint density at radius 3 is 1.69 bits per heavy atom. The summed E-state index contributed by atoms with van der Waals surface area (Å²) in [6.45, 7) is 20.5. The summed E-state index contributed by atoms with van der Waals surface area (Å²) in [7, 11) is 0. The van der Waals surface area contributed by atoms with E-state index in [1.54, 1.807) is 0 Å². The van der Waals surface area contributed by atoms with Gasteiger partial charge in [-0.05, 0) is 31.4 Å². The molecule has 0 radical (unpaired) electrons. The summed E-state index contributed by atoms with van der Waals surface area (Å²) in [6.07, 6.45) is 1.14. The highest BCUT2D eigenvalue weighted by atomic mass is 14.0. The third-order valence-electron chi connectivity index (χ3n) is 1.88. The Bertz CT molecular complexity index is 236. The van der Waals surface area contributed by atoms with Crippen LogP contribution >= 0.6 is 0 Å². The van der Waals surface area contributed by atoms with Crippen LogP contribution in [0.25, 0.3) is 0 Å². The molecular formula is C16H30. The van der Waals surface area contributed by atoms with E-state index in [2.05, 4.69) is 52.1 Å². The fourth-order valence-electron chi connectivity index (χ4n) is 1.24. The fourth-order valence-corrected chi connectivity index (χ4v) is 1.24. The van der Waals surface area contributed by atoms with Gasteiger partial charge in [0.05, 0.1) is 0 Å². The highest BCUT2D eigenvalue weighted by Crippen LogP contribution is 2.10. The molecule has 0 heteroatoms. The van der Waals surface area contributed by atoms with E-state index < -0.39 is 0 Å². The van der Waals surface area contributed by atoms with E-state index in [-0.39, 0.29) is 0 Å². The zero-order chi connectivity index (χ0) is 13.6. The second-order valence-electron chi connectivity index (χ2n) is 2.78. The van der Waals surface area contributed by atoms with Gasteiger partial charge in [-0.2, -0.15) is 0 Å². The zero-order valence-corrected chi connectivity index (χ0v) is 12.4. The fraction of sp³-hybridized carbons (Fsp3) is 0.500. The average molecular weight is 222 g/mol. The molecule has 1 aromatic rings. The van der Waals surface area contributed by atoms with Crippen LogP contribution in [0, 0.1) is 13.8 Å². The van der Waals surface area contributed by atoms with Crippen molar-refractivity contribution in [2.24, 2.45) is 0 Å². The molecule has 1 aromatic carbocycles. The van der Waals surface area contributed by atoms with Crippen molar-refractivity contribution in [1.82, 2.24) is 0 Å². The molecule has 0 amide bonds. The maximum absolute atomic E-state index is 3.00. The number of hydrogen-bond acceptors (Lipinski definition) is 0. The Balaban J connectivity index is -0.000000245. The molecule has 94 valence electrons. The Hall–Kier alpha value is -1.04. The lowest BCUT2D eigenvalue weighted by atomic mass is 10.0.